The van der Waals surface area contributed by atoms with Crippen molar-refractivity contribution in [2.75, 3.05) is 19.5 Å². The molecule has 0 aliphatic rings. The van der Waals surface area contributed by atoms with Gasteiger partial charge in [-0.05, 0) is 49.4 Å². The van der Waals surface area contributed by atoms with Gasteiger partial charge in [0.2, 0.25) is 15.9 Å². The van der Waals surface area contributed by atoms with Crippen LogP contribution in [0.1, 0.15) is 18.4 Å². The zero-order valence-corrected chi connectivity index (χ0v) is 19.9. The molecule has 0 saturated carbocycles. The van der Waals surface area contributed by atoms with E-state index in [1.807, 2.05) is 4.57 Å². The summed E-state index contributed by atoms with van der Waals surface area (Å²) < 4.78 is 31.1. The van der Waals surface area contributed by atoms with Gasteiger partial charge in [-0.1, -0.05) is 29.0 Å². The Kier molecular flexibility index (Phi) is 8.06. The van der Waals surface area contributed by atoms with Gasteiger partial charge in [-0.15, -0.1) is 11.8 Å². The van der Waals surface area contributed by atoms with Gasteiger partial charge < -0.3 is 9.30 Å². The number of aromatic nitrogens is 1. The summed E-state index contributed by atoms with van der Waals surface area (Å²) >= 11 is 2.98. The Labute approximate surface area is 190 Å². The maximum absolute atomic E-state index is 12.5. The van der Waals surface area contributed by atoms with Crippen molar-refractivity contribution in [1.29, 1.82) is 0 Å². The van der Waals surface area contributed by atoms with Crippen molar-refractivity contribution in [2.24, 2.45) is 10.1 Å². The van der Waals surface area contributed by atoms with E-state index in [9.17, 15) is 13.2 Å². The molecule has 1 heterocycles. The fraction of sp³-hybridized carbons (Fsp3) is 0.333. The summed E-state index contributed by atoms with van der Waals surface area (Å²) in [7, 11) is -2.21. The molecule has 166 valence electrons. The van der Waals surface area contributed by atoms with E-state index in [1.165, 1.54) is 33.9 Å². The van der Waals surface area contributed by atoms with Gasteiger partial charge in [0.1, 0.15) is 0 Å². The minimum Gasteiger partial charge on any atom is -0.383 e. The second-order valence-electron chi connectivity index (χ2n) is 6.97. The number of aryl methyl sites for hydroxylation is 1. The zero-order chi connectivity index (χ0) is 22.4. The molecule has 3 aromatic rings. The summed E-state index contributed by atoms with van der Waals surface area (Å²) in [6.07, 6.45) is 1.07. The molecule has 0 aliphatic heterocycles. The Morgan fingerprint density at radius 1 is 1.23 bits per heavy atom. The molecule has 0 fully saturated rings. The first-order valence-corrected chi connectivity index (χ1v) is 13.0. The van der Waals surface area contributed by atoms with E-state index in [-0.39, 0.29) is 10.8 Å². The summed E-state index contributed by atoms with van der Waals surface area (Å²) in [6.45, 7) is 3.00. The second-order valence-corrected chi connectivity index (χ2v) is 10.7. The molecule has 0 spiro atoms. The number of hydrogen-bond acceptors (Lipinski definition) is 6. The minimum atomic E-state index is -3.81. The fourth-order valence-corrected chi connectivity index (χ4v) is 5.51. The molecule has 1 amide bonds. The van der Waals surface area contributed by atoms with E-state index >= 15 is 0 Å². The molecular formula is C21H25N3O4S3. The highest BCUT2D eigenvalue weighted by Crippen LogP contribution is 2.22. The molecule has 2 N–H and O–H groups in total. The van der Waals surface area contributed by atoms with E-state index in [0.717, 1.165) is 17.7 Å². The van der Waals surface area contributed by atoms with Gasteiger partial charge >= 0.3 is 0 Å². The van der Waals surface area contributed by atoms with Gasteiger partial charge in [-0.2, -0.15) is 4.99 Å². The van der Waals surface area contributed by atoms with E-state index in [2.05, 4.69) is 36.2 Å². The Balaban J connectivity index is 1.75. The molecule has 3 rings (SSSR count). The Hall–Kier alpha value is -1.98. The van der Waals surface area contributed by atoms with Crippen molar-refractivity contribution in [3.05, 3.63) is 52.8 Å². The molecule has 0 unspecified atom stereocenters. The molecule has 10 heteroatoms. The van der Waals surface area contributed by atoms with Crippen molar-refractivity contribution >= 4 is 49.2 Å². The molecule has 31 heavy (non-hydrogen) atoms. The molecule has 0 bridgehead atoms. The van der Waals surface area contributed by atoms with Gasteiger partial charge in [-0.25, -0.2) is 13.6 Å². The molecule has 7 nitrogen and oxygen atoms in total. The lowest BCUT2D eigenvalue weighted by Crippen LogP contribution is -2.19. The summed E-state index contributed by atoms with van der Waals surface area (Å²) in [6, 6.07) is 13.0. The molecule has 2 aromatic carbocycles. The highest BCUT2D eigenvalue weighted by molar-refractivity contribution is 7.99. The minimum absolute atomic E-state index is 0.0335. The number of fused-ring (bicyclic) bond motifs is 1. The standard InChI is InChI=1S/C21H25N3O4S3/c1-15-5-7-16(8-6-15)29-13-3-4-20(25)23-21-24(11-12-28-2)18-10-9-17(31(22,26)27)14-19(18)30-21/h5-10,14H,3-4,11-13H2,1-2H3,(H2,22,26,27). The van der Waals surface area contributed by atoms with Crippen LogP contribution in [0.4, 0.5) is 0 Å². The normalized spacial score (nSPS) is 12.5. The average Bonchev–Trinajstić information content (AvgIpc) is 3.06. The molecular weight excluding hydrogens is 454 g/mol. The smallest absolute Gasteiger partial charge is 0.248 e. The quantitative estimate of drug-likeness (QED) is 0.375. The topological polar surface area (TPSA) is 104 Å². The first kappa shape index (κ1) is 23.7. The van der Waals surface area contributed by atoms with Crippen LogP contribution in [0.3, 0.4) is 0 Å². The van der Waals surface area contributed by atoms with Crippen molar-refractivity contribution in [3.8, 4) is 0 Å². The lowest BCUT2D eigenvalue weighted by Gasteiger charge is -2.05. The third-order valence-electron chi connectivity index (χ3n) is 4.55. The first-order chi connectivity index (χ1) is 14.8. The number of methoxy groups -OCH3 is 1. The predicted molar refractivity (Wildman–Crippen MR) is 125 cm³/mol. The van der Waals surface area contributed by atoms with Crippen LogP contribution in [0, 0.1) is 6.92 Å². The number of rotatable bonds is 9. The third kappa shape index (κ3) is 6.50. The van der Waals surface area contributed by atoms with E-state index in [0.29, 0.717) is 29.1 Å². The van der Waals surface area contributed by atoms with Crippen LogP contribution in [-0.2, 0) is 26.1 Å². The zero-order valence-electron chi connectivity index (χ0n) is 17.4. The second kappa shape index (κ2) is 10.6. The number of benzene rings is 2. The molecule has 0 radical (unpaired) electrons. The number of amides is 1. The number of primary sulfonamides is 1. The highest BCUT2D eigenvalue weighted by Gasteiger charge is 2.13. The number of hydrogen-bond donors (Lipinski definition) is 1. The maximum atomic E-state index is 12.5. The van der Waals surface area contributed by atoms with E-state index in [4.69, 9.17) is 9.88 Å². The van der Waals surface area contributed by atoms with Crippen LogP contribution in [-0.4, -0.2) is 38.4 Å². The van der Waals surface area contributed by atoms with Crippen molar-refractivity contribution in [2.45, 2.75) is 36.1 Å². The van der Waals surface area contributed by atoms with Crippen LogP contribution < -0.4 is 9.94 Å². The number of ether oxygens (including phenoxy) is 1. The number of sulfonamides is 1. The molecule has 0 atom stereocenters. The van der Waals surface area contributed by atoms with E-state index in [1.54, 1.807) is 24.9 Å². The number of thiazole rings is 1. The third-order valence-corrected chi connectivity index (χ3v) is 7.60. The van der Waals surface area contributed by atoms with Crippen LogP contribution in [0.25, 0.3) is 10.2 Å². The lowest BCUT2D eigenvalue weighted by atomic mass is 10.2. The number of nitrogens with zero attached hydrogens (tertiary/aromatic N) is 2. The highest BCUT2D eigenvalue weighted by atomic mass is 32.2. The van der Waals surface area contributed by atoms with Gasteiger partial charge in [0.15, 0.2) is 4.80 Å². The Morgan fingerprint density at radius 2 is 1.97 bits per heavy atom. The van der Waals surface area contributed by atoms with Crippen LogP contribution in [0.2, 0.25) is 0 Å². The SMILES string of the molecule is COCCn1c(=NC(=O)CCCSc2ccc(C)cc2)sc2cc(S(N)(=O)=O)ccc21. The van der Waals surface area contributed by atoms with Crippen molar-refractivity contribution in [1.82, 2.24) is 4.57 Å². The summed E-state index contributed by atoms with van der Waals surface area (Å²) in [5.41, 5.74) is 2.01. The lowest BCUT2D eigenvalue weighted by molar-refractivity contribution is -0.118. The first-order valence-electron chi connectivity index (χ1n) is 9.70. The fourth-order valence-electron chi connectivity index (χ4n) is 2.92. The Morgan fingerprint density at radius 3 is 2.65 bits per heavy atom. The van der Waals surface area contributed by atoms with Crippen LogP contribution >= 0.6 is 23.1 Å². The maximum Gasteiger partial charge on any atom is 0.248 e. The summed E-state index contributed by atoms with van der Waals surface area (Å²) in [5, 5.41) is 5.24. The van der Waals surface area contributed by atoms with Crippen molar-refractivity contribution in [3.63, 3.8) is 0 Å². The number of carbonyl (C=O) groups excluding carboxylic acids is 1. The van der Waals surface area contributed by atoms with Gasteiger partial charge in [0.25, 0.3) is 0 Å². The van der Waals surface area contributed by atoms with Gasteiger partial charge in [-0.3, -0.25) is 4.79 Å². The molecule has 1 aromatic heterocycles. The van der Waals surface area contributed by atoms with Crippen LogP contribution in [0.5, 0.6) is 0 Å². The van der Waals surface area contributed by atoms with Gasteiger partial charge in [0.05, 0.1) is 21.7 Å². The number of carbonyl (C=O) groups is 1. The molecule has 0 saturated heterocycles. The monoisotopic (exact) mass is 479 g/mol. The van der Waals surface area contributed by atoms with Gasteiger partial charge in [0, 0.05) is 25.0 Å². The summed E-state index contributed by atoms with van der Waals surface area (Å²) in [4.78, 5) is 18.5. The van der Waals surface area contributed by atoms with Crippen molar-refractivity contribution < 1.29 is 17.9 Å². The Bertz CT molecular complexity index is 1230. The average molecular weight is 480 g/mol. The largest absolute Gasteiger partial charge is 0.383 e. The van der Waals surface area contributed by atoms with E-state index < -0.39 is 10.0 Å². The molecule has 0 aliphatic carbocycles. The predicted octanol–water partition coefficient (Wildman–Crippen LogP) is 3.30. The number of thioether (sulfide) groups is 1. The van der Waals surface area contributed by atoms with Crippen LogP contribution in [0.15, 0.2) is 57.2 Å². The number of nitrogens with two attached hydrogens (primary N) is 1. The summed E-state index contributed by atoms with van der Waals surface area (Å²) in [5.74, 6) is 0.631.